The number of nitrogens with zero attached hydrogens (tertiary/aromatic N) is 2. The van der Waals surface area contributed by atoms with Gasteiger partial charge in [-0.2, -0.15) is 8.42 Å². The number of benzene rings is 1. The van der Waals surface area contributed by atoms with E-state index in [2.05, 4.69) is 23.8 Å². The molecule has 0 atom stereocenters. The highest BCUT2D eigenvalue weighted by Gasteiger charge is 2.42. The molecule has 1 aliphatic rings. The monoisotopic (exact) mass is 450 g/mol. The van der Waals surface area contributed by atoms with Crippen molar-refractivity contribution in [3.63, 3.8) is 0 Å². The summed E-state index contributed by atoms with van der Waals surface area (Å²) >= 11 is 0. The Morgan fingerprint density at radius 3 is 1.55 bits per heavy atom. The lowest BCUT2D eigenvalue weighted by Gasteiger charge is -2.21. The van der Waals surface area contributed by atoms with Gasteiger partial charge in [-0.3, -0.25) is 20.2 Å². The first-order chi connectivity index (χ1) is 14.7. The standard InChI is InChI=1S/C18H22N6O6S/c1-3-9-19-17(27)21-15(25)11-23-13-7-5-6-8-14(13)24(31(23,29)30)12-16(26)22-18(28)20-10-4-2/h3-8H,1-2,9-12H2,(H2,19,21,25,27)(H2,20,22,26,28). The summed E-state index contributed by atoms with van der Waals surface area (Å²) < 4.78 is 27.5. The van der Waals surface area contributed by atoms with Crippen molar-refractivity contribution in [2.24, 2.45) is 0 Å². The predicted molar refractivity (Wildman–Crippen MR) is 114 cm³/mol. The highest BCUT2D eigenvalue weighted by molar-refractivity contribution is 7.94. The molecule has 1 heterocycles. The number of para-hydroxylation sites is 2. The number of nitrogens with one attached hydrogen (secondary N) is 4. The van der Waals surface area contributed by atoms with Crippen molar-refractivity contribution in [3.05, 3.63) is 49.6 Å². The van der Waals surface area contributed by atoms with Gasteiger partial charge in [0.25, 0.3) is 0 Å². The van der Waals surface area contributed by atoms with Gasteiger partial charge in [0.2, 0.25) is 11.8 Å². The van der Waals surface area contributed by atoms with Gasteiger partial charge in [-0.1, -0.05) is 24.3 Å². The summed E-state index contributed by atoms with van der Waals surface area (Å²) in [6.45, 7) is 5.69. The second-order valence-electron chi connectivity index (χ2n) is 6.10. The molecule has 13 heteroatoms. The van der Waals surface area contributed by atoms with Crippen LogP contribution in [0.25, 0.3) is 0 Å². The third-order valence-electron chi connectivity index (χ3n) is 3.87. The lowest BCUT2D eigenvalue weighted by atomic mass is 10.2. The molecule has 4 N–H and O–H groups in total. The van der Waals surface area contributed by atoms with E-state index in [4.69, 9.17) is 0 Å². The van der Waals surface area contributed by atoms with E-state index in [9.17, 15) is 27.6 Å². The van der Waals surface area contributed by atoms with Gasteiger partial charge in [-0.25, -0.2) is 18.2 Å². The van der Waals surface area contributed by atoms with Crippen LogP contribution in [0.4, 0.5) is 21.0 Å². The SMILES string of the molecule is C=CCNC(=O)NC(=O)CN1c2ccccc2N(CC(=O)NC(=O)NCC=C)S1(=O)=O. The molecule has 0 bridgehead atoms. The van der Waals surface area contributed by atoms with Crippen molar-refractivity contribution in [1.29, 1.82) is 0 Å². The molecular weight excluding hydrogens is 428 g/mol. The lowest BCUT2D eigenvalue weighted by Crippen LogP contribution is -2.49. The zero-order valence-corrected chi connectivity index (χ0v) is 17.3. The van der Waals surface area contributed by atoms with Crippen molar-refractivity contribution < 1.29 is 27.6 Å². The summed E-state index contributed by atoms with van der Waals surface area (Å²) in [5.74, 6) is -1.76. The van der Waals surface area contributed by atoms with Crippen molar-refractivity contribution in [2.45, 2.75) is 0 Å². The van der Waals surface area contributed by atoms with Gasteiger partial charge >= 0.3 is 22.3 Å². The van der Waals surface area contributed by atoms with Gasteiger partial charge in [-0.15, -0.1) is 13.2 Å². The Morgan fingerprint density at radius 2 is 1.19 bits per heavy atom. The van der Waals surface area contributed by atoms with Crippen LogP contribution in [0, 0.1) is 0 Å². The maximum absolute atomic E-state index is 13.0. The minimum atomic E-state index is -4.33. The second-order valence-corrected chi connectivity index (χ2v) is 7.88. The summed E-state index contributed by atoms with van der Waals surface area (Å²) in [5, 5.41) is 8.68. The molecular formula is C18H22N6O6S. The van der Waals surface area contributed by atoms with Crippen molar-refractivity contribution in [1.82, 2.24) is 21.3 Å². The number of urea groups is 2. The molecule has 0 aliphatic carbocycles. The van der Waals surface area contributed by atoms with Crippen molar-refractivity contribution in [3.8, 4) is 0 Å². The number of amides is 6. The van der Waals surface area contributed by atoms with Crippen molar-refractivity contribution in [2.75, 3.05) is 34.8 Å². The summed E-state index contributed by atoms with van der Waals surface area (Å²) in [6.07, 6.45) is 2.82. The molecule has 31 heavy (non-hydrogen) atoms. The number of anilines is 2. The maximum Gasteiger partial charge on any atom is 0.327 e. The Balaban J connectivity index is 2.16. The predicted octanol–water partition coefficient (Wildman–Crippen LogP) is -0.419. The molecule has 0 radical (unpaired) electrons. The normalized spacial score (nSPS) is 13.5. The molecule has 0 spiro atoms. The first-order valence-electron chi connectivity index (χ1n) is 8.97. The summed E-state index contributed by atoms with van der Waals surface area (Å²) in [5.41, 5.74) is 0.293. The molecule has 0 saturated carbocycles. The Kier molecular flexibility index (Phi) is 7.74. The van der Waals surface area contributed by atoms with Gasteiger partial charge < -0.3 is 10.6 Å². The smallest absolute Gasteiger partial charge is 0.327 e. The van der Waals surface area contributed by atoms with E-state index in [0.717, 1.165) is 8.61 Å². The van der Waals surface area contributed by atoms with Gasteiger partial charge in [0, 0.05) is 13.1 Å². The fourth-order valence-electron chi connectivity index (χ4n) is 2.60. The first-order valence-corrected chi connectivity index (χ1v) is 10.4. The van der Waals surface area contributed by atoms with Gasteiger partial charge in [0.05, 0.1) is 11.4 Å². The van der Waals surface area contributed by atoms with Crippen molar-refractivity contribution >= 4 is 45.5 Å². The maximum atomic E-state index is 13.0. The first kappa shape index (κ1) is 23.4. The Morgan fingerprint density at radius 1 is 0.806 bits per heavy atom. The molecule has 0 saturated heterocycles. The highest BCUT2D eigenvalue weighted by Crippen LogP contribution is 2.40. The van der Waals surface area contributed by atoms with E-state index >= 15 is 0 Å². The lowest BCUT2D eigenvalue weighted by molar-refractivity contribution is -0.119. The number of fused-ring (bicyclic) bond motifs is 1. The largest absolute Gasteiger partial charge is 0.334 e. The summed E-state index contributed by atoms with van der Waals surface area (Å²) in [4.78, 5) is 47.6. The number of carbonyl (C=O) groups excluding carboxylic acids is 4. The van der Waals surface area contributed by atoms with E-state index in [0.29, 0.717) is 0 Å². The summed E-state index contributed by atoms with van der Waals surface area (Å²) in [7, 11) is -4.33. The van der Waals surface area contributed by atoms with E-state index in [1.165, 1.54) is 24.3 Å². The van der Waals surface area contributed by atoms with Gasteiger partial charge in [0.15, 0.2) is 0 Å². The van der Waals surface area contributed by atoms with Gasteiger partial charge in [-0.05, 0) is 12.1 Å². The molecule has 1 aliphatic heterocycles. The average molecular weight is 450 g/mol. The van der Waals surface area contributed by atoms with E-state index in [1.54, 1.807) is 12.1 Å². The Hall–Kier alpha value is -3.87. The van der Waals surface area contributed by atoms with Crippen LogP contribution >= 0.6 is 0 Å². The van der Waals surface area contributed by atoms with Crippen LogP contribution in [0.3, 0.4) is 0 Å². The topological polar surface area (TPSA) is 157 Å². The van der Waals surface area contributed by atoms with Crippen LogP contribution in [0.1, 0.15) is 0 Å². The van der Waals surface area contributed by atoms with Crippen LogP contribution in [0.15, 0.2) is 49.6 Å². The summed E-state index contributed by atoms with van der Waals surface area (Å²) in [6, 6.07) is 4.40. The third kappa shape index (κ3) is 5.82. The molecule has 166 valence electrons. The molecule has 1 aromatic rings. The molecule has 0 aromatic heterocycles. The number of hydrogen-bond donors (Lipinski definition) is 4. The fraction of sp³-hybridized carbons (Fsp3) is 0.222. The highest BCUT2D eigenvalue weighted by atomic mass is 32.2. The fourth-order valence-corrected chi connectivity index (χ4v) is 4.20. The number of hydrogen-bond acceptors (Lipinski definition) is 6. The van der Waals surface area contributed by atoms with Gasteiger partial charge in [0.1, 0.15) is 13.1 Å². The molecule has 0 unspecified atom stereocenters. The zero-order valence-electron chi connectivity index (χ0n) is 16.5. The Labute approximate surface area is 179 Å². The van der Waals surface area contributed by atoms with Crippen LogP contribution < -0.4 is 29.9 Å². The molecule has 12 nitrogen and oxygen atoms in total. The number of imide groups is 2. The van der Waals surface area contributed by atoms with Crippen LogP contribution in [-0.4, -0.2) is 58.5 Å². The van der Waals surface area contributed by atoms with Crippen LogP contribution in [0.2, 0.25) is 0 Å². The molecule has 0 fully saturated rings. The van der Waals surface area contributed by atoms with E-state index < -0.39 is 47.2 Å². The van der Waals surface area contributed by atoms with Crippen LogP contribution in [0.5, 0.6) is 0 Å². The number of rotatable bonds is 8. The second kappa shape index (κ2) is 10.2. The van der Waals surface area contributed by atoms with E-state index in [1.807, 2.05) is 10.6 Å². The minimum Gasteiger partial charge on any atom is -0.334 e. The number of carbonyl (C=O) groups is 4. The minimum absolute atomic E-state index is 0.118. The van der Waals surface area contributed by atoms with E-state index in [-0.39, 0.29) is 24.5 Å². The third-order valence-corrected chi connectivity index (χ3v) is 5.64. The Bertz CT molecular complexity index is 936. The average Bonchev–Trinajstić information content (AvgIpc) is 2.92. The molecule has 6 amide bonds. The quantitative estimate of drug-likeness (QED) is 0.394. The van der Waals surface area contributed by atoms with Crippen LogP contribution in [-0.2, 0) is 19.8 Å². The molecule has 1 aromatic carbocycles. The zero-order chi connectivity index (χ0) is 23.0. The molecule has 2 rings (SSSR count).